The summed E-state index contributed by atoms with van der Waals surface area (Å²) in [7, 11) is -4.10. The monoisotopic (exact) mass is 426 g/mol. The van der Waals surface area contributed by atoms with E-state index in [1.165, 1.54) is 30.3 Å². The van der Waals surface area contributed by atoms with Crippen molar-refractivity contribution in [3.8, 4) is 0 Å². The Morgan fingerprint density at radius 2 is 1.79 bits per heavy atom. The van der Waals surface area contributed by atoms with Gasteiger partial charge in [0, 0.05) is 23.8 Å². The van der Waals surface area contributed by atoms with Crippen molar-refractivity contribution in [3.05, 3.63) is 59.7 Å². The van der Waals surface area contributed by atoms with Gasteiger partial charge in [-0.2, -0.15) is 13.2 Å². The fourth-order valence-electron chi connectivity index (χ4n) is 3.32. The summed E-state index contributed by atoms with van der Waals surface area (Å²) in [5.41, 5.74) is -0.770. The minimum absolute atomic E-state index is 0.127. The maximum Gasteiger partial charge on any atom is 0.416 e. The summed E-state index contributed by atoms with van der Waals surface area (Å²) in [4.78, 5) is 14.3. The molecule has 1 saturated heterocycles. The van der Waals surface area contributed by atoms with Crippen LogP contribution in [-0.2, 0) is 16.2 Å². The van der Waals surface area contributed by atoms with Crippen LogP contribution in [0.5, 0.6) is 0 Å². The third kappa shape index (κ3) is 4.90. The number of hydrogen-bond acceptors (Lipinski definition) is 3. The normalized spacial score (nSPS) is 17.8. The number of nitrogens with one attached hydrogen (secondary N) is 1. The molecule has 1 aliphatic heterocycles. The van der Waals surface area contributed by atoms with Crippen LogP contribution in [0.3, 0.4) is 0 Å². The summed E-state index contributed by atoms with van der Waals surface area (Å²) in [6.45, 7) is 2.64. The molecular weight excluding hydrogens is 405 g/mol. The van der Waals surface area contributed by atoms with Crippen molar-refractivity contribution in [3.63, 3.8) is 0 Å². The van der Waals surface area contributed by atoms with E-state index in [1.54, 1.807) is 4.90 Å². The number of nitrogens with zero attached hydrogens (tertiary/aromatic N) is 1. The molecule has 0 spiro atoms. The topological polar surface area (TPSA) is 66.5 Å². The molecule has 1 N–H and O–H groups in total. The van der Waals surface area contributed by atoms with Gasteiger partial charge in [-0.25, -0.2) is 8.42 Å². The molecule has 0 saturated carbocycles. The zero-order valence-corrected chi connectivity index (χ0v) is 16.6. The summed E-state index contributed by atoms with van der Waals surface area (Å²) >= 11 is 0. The molecule has 1 fully saturated rings. The first-order valence-corrected chi connectivity index (χ1v) is 10.7. The van der Waals surface area contributed by atoms with E-state index < -0.39 is 21.8 Å². The van der Waals surface area contributed by atoms with Crippen LogP contribution in [0.2, 0.25) is 0 Å². The Morgan fingerprint density at radius 3 is 2.41 bits per heavy atom. The second-order valence-corrected chi connectivity index (χ2v) is 8.73. The fraction of sp³-hybridized carbons (Fsp3) is 0.350. The first kappa shape index (κ1) is 21.2. The highest BCUT2D eigenvalue weighted by molar-refractivity contribution is 7.92. The lowest BCUT2D eigenvalue weighted by Crippen LogP contribution is -2.42. The van der Waals surface area contributed by atoms with E-state index in [0.717, 1.165) is 37.5 Å². The molecule has 0 radical (unpaired) electrons. The van der Waals surface area contributed by atoms with Crippen LogP contribution >= 0.6 is 0 Å². The minimum Gasteiger partial charge on any atom is -0.336 e. The number of carbonyl (C=O) groups is 1. The molecule has 0 aromatic heterocycles. The van der Waals surface area contributed by atoms with Gasteiger partial charge in [-0.1, -0.05) is 6.07 Å². The van der Waals surface area contributed by atoms with Crippen molar-refractivity contribution < 1.29 is 26.4 Å². The number of halogens is 3. The largest absolute Gasteiger partial charge is 0.416 e. The van der Waals surface area contributed by atoms with Crippen LogP contribution in [0.15, 0.2) is 53.4 Å². The predicted octanol–water partition coefficient (Wildman–Crippen LogP) is 4.52. The third-order valence-corrected chi connectivity index (χ3v) is 6.31. The molecule has 2 aromatic rings. The number of benzene rings is 2. The minimum atomic E-state index is -4.57. The highest BCUT2D eigenvalue weighted by atomic mass is 32.2. The molecule has 156 valence electrons. The van der Waals surface area contributed by atoms with Gasteiger partial charge in [0.05, 0.1) is 10.5 Å². The second kappa shape index (κ2) is 8.06. The Morgan fingerprint density at radius 1 is 1.10 bits per heavy atom. The number of amides is 1. The van der Waals surface area contributed by atoms with Crippen LogP contribution in [0.25, 0.3) is 0 Å². The molecule has 5 nitrogen and oxygen atoms in total. The average molecular weight is 426 g/mol. The number of likely N-dealkylation sites (tertiary alicyclic amines) is 1. The van der Waals surface area contributed by atoms with Crippen molar-refractivity contribution >= 4 is 21.6 Å². The van der Waals surface area contributed by atoms with Gasteiger partial charge in [0.25, 0.3) is 15.9 Å². The summed E-state index contributed by atoms with van der Waals surface area (Å²) < 4.78 is 65.6. The first-order chi connectivity index (χ1) is 13.6. The maximum atomic E-state index is 12.8. The van der Waals surface area contributed by atoms with E-state index in [2.05, 4.69) is 4.72 Å². The van der Waals surface area contributed by atoms with E-state index in [4.69, 9.17) is 0 Å². The zero-order valence-electron chi connectivity index (χ0n) is 15.7. The number of piperidine rings is 1. The van der Waals surface area contributed by atoms with E-state index >= 15 is 0 Å². The molecule has 29 heavy (non-hydrogen) atoms. The van der Waals surface area contributed by atoms with Crippen LogP contribution < -0.4 is 4.72 Å². The number of alkyl halides is 3. The molecule has 1 amide bonds. The molecule has 9 heteroatoms. The summed E-state index contributed by atoms with van der Waals surface area (Å²) in [6, 6.07) is 9.48. The van der Waals surface area contributed by atoms with Crippen LogP contribution in [0, 0.1) is 0 Å². The molecule has 1 heterocycles. The standard InChI is InChI=1S/C20H21F3N2O3S/c1-14-5-2-3-12-25(14)19(26)15-8-10-18(11-9-15)29(27,28)24-17-7-4-6-16(13-17)20(21,22)23/h4,6-11,13-14,24H,2-3,5,12H2,1H3/t14-/m1/s1. The van der Waals surface area contributed by atoms with E-state index in [1.807, 2.05) is 6.92 Å². The summed E-state index contributed by atoms with van der Waals surface area (Å²) in [6.07, 6.45) is -1.64. The Hall–Kier alpha value is -2.55. The molecule has 0 aliphatic carbocycles. The number of sulfonamides is 1. The van der Waals surface area contributed by atoms with E-state index in [9.17, 15) is 26.4 Å². The van der Waals surface area contributed by atoms with Gasteiger partial charge in [0.2, 0.25) is 0 Å². The second-order valence-electron chi connectivity index (χ2n) is 7.05. The van der Waals surface area contributed by atoms with Crippen molar-refractivity contribution in [2.24, 2.45) is 0 Å². The smallest absolute Gasteiger partial charge is 0.336 e. The highest BCUT2D eigenvalue weighted by Crippen LogP contribution is 2.31. The van der Waals surface area contributed by atoms with Gasteiger partial charge in [0.15, 0.2) is 0 Å². The van der Waals surface area contributed by atoms with Crippen molar-refractivity contribution in [2.45, 2.75) is 43.3 Å². The number of hydrogen-bond donors (Lipinski definition) is 1. The van der Waals surface area contributed by atoms with Gasteiger partial charge < -0.3 is 4.90 Å². The van der Waals surface area contributed by atoms with Crippen molar-refractivity contribution in [1.29, 1.82) is 0 Å². The van der Waals surface area contributed by atoms with Gasteiger partial charge in [-0.05, 0) is 68.7 Å². The lowest BCUT2D eigenvalue weighted by Gasteiger charge is -2.33. The van der Waals surface area contributed by atoms with Crippen LogP contribution in [0.4, 0.5) is 18.9 Å². The van der Waals surface area contributed by atoms with E-state index in [0.29, 0.717) is 12.1 Å². The molecule has 3 rings (SSSR count). The first-order valence-electron chi connectivity index (χ1n) is 9.19. The van der Waals surface area contributed by atoms with Crippen molar-refractivity contribution in [1.82, 2.24) is 4.90 Å². The highest BCUT2D eigenvalue weighted by Gasteiger charge is 2.31. The van der Waals surface area contributed by atoms with Gasteiger partial charge in [0.1, 0.15) is 0 Å². The lowest BCUT2D eigenvalue weighted by atomic mass is 10.0. The van der Waals surface area contributed by atoms with Gasteiger partial charge in [-0.15, -0.1) is 0 Å². The average Bonchev–Trinajstić information content (AvgIpc) is 2.67. The molecule has 1 aliphatic rings. The Balaban J connectivity index is 1.77. The number of carbonyl (C=O) groups excluding carboxylic acids is 1. The zero-order chi connectivity index (χ0) is 21.2. The van der Waals surface area contributed by atoms with Crippen molar-refractivity contribution in [2.75, 3.05) is 11.3 Å². The molecular formula is C20H21F3N2O3S. The lowest BCUT2D eigenvalue weighted by molar-refractivity contribution is -0.137. The predicted molar refractivity (Wildman–Crippen MR) is 103 cm³/mol. The van der Waals surface area contributed by atoms with Gasteiger partial charge >= 0.3 is 6.18 Å². The fourth-order valence-corrected chi connectivity index (χ4v) is 4.36. The van der Waals surface area contributed by atoms with Crippen LogP contribution in [0.1, 0.15) is 42.1 Å². The van der Waals surface area contributed by atoms with Gasteiger partial charge in [-0.3, -0.25) is 9.52 Å². The molecule has 0 unspecified atom stereocenters. The van der Waals surface area contributed by atoms with Crippen LogP contribution in [-0.4, -0.2) is 31.8 Å². The SMILES string of the molecule is C[C@@H]1CCCCN1C(=O)c1ccc(S(=O)(=O)Nc2cccc(C(F)(F)F)c2)cc1. The quantitative estimate of drug-likeness (QED) is 0.782. The summed E-state index contributed by atoms with van der Waals surface area (Å²) in [5.74, 6) is -0.160. The Kier molecular flexibility index (Phi) is 5.88. The molecule has 2 aromatic carbocycles. The third-order valence-electron chi connectivity index (χ3n) is 4.92. The Bertz CT molecular complexity index is 989. The maximum absolute atomic E-state index is 12.8. The van der Waals surface area contributed by atoms with E-state index in [-0.39, 0.29) is 22.5 Å². The molecule has 1 atom stereocenters. The number of anilines is 1. The number of rotatable bonds is 4. The summed E-state index contributed by atoms with van der Waals surface area (Å²) in [5, 5.41) is 0. The Labute approximate surface area is 167 Å². The molecule has 0 bridgehead atoms.